The van der Waals surface area contributed by atoms with Crippen LogP contribution in [0.2, 0.25) is 0 Å². The molecule has 0 saturated heterocycles. The molecule has 1 aromatic rings. The third kappa shape index (κ3) is 0.894. The van der Waals surface area contributed by atoms with Crippen LogP contribution in [0.5, 0.6) is 0 Å². The maximum Gasteiger partial charge on any atom is 0.137 e. The van der Waals surface area contributed by atoms with Gasteiger partial charge in [-0.05, 0) is 19.8 Å². The van der Waals surface area contributed by atoms with Gasteiger partial charge in [-0.25, -0.2) is 0 Å². The Morgan fingerprint density at radius 2 is 2.42 bits per heavy atom. The third-order valence-electron chi connectivity index (χ3n) is 2.94. The number of rotatable bonds is 2. The van der Waals surface area contributed by atoms with E-state index >= 15 is 0 Å². The van der Waals surface area contributed by atoms with Gasteiger partial charge in [-0.2, -0.15) is 0 Å². The van der Waals surface area contributed by atoms with Crippen LogP contribution in [0.3, 0.4) is 0 Å². The van der Waals surface area contributed by atoms with Gasteiger partial charge in [0.1, 0.15) is 5.76 Å². The number of aromatic nitrogens is 1. The van der Waals surface area contributed by atoms with Crippen molar-refractivity contribution in [3.8, 4) is 0 Å². The lowest BCUT2D eigenvalue weighted by molar-refractivity contribution is 0.118. The zero-order valence-electron chi connectivity index (χ0n) is 7.21. The topological polar surface area (TPSA) is 46.3 Å². The molecule has 1 heterocycles. The molecule has 2 rings (SSSR count). The molecule has 3 nitrogen and oxygen atoms in total. The molecule has 12 heavy (non-hydrogen) atoms. The van der Waals surface area contributed by atoms with Crippen LogP contribution in [0.15, 0.2) is 10.7 Å². The van der Waals surface area contributed by atoms with E-state index in [1.165, 1.54) is 6.42 Å². The Hall–Kier alpha value is -0.830. The van der Waals surface area contributed by atoms with Crippen LogP contribution in [-0.2, 0) is 5.41 Å². The molecular weight excluding hydrogens is 154 g/mol. The second-order valence-electron chi connectivity index (χ2n) is 3.59. The quantitative estimate of drug-likeness (QED) is 0.724. The number of hydrogen-bond donors (Lipinski definition) is 1. The molecular formula is C9H13NO2. The molecule has 0 unspecified atom stereocenters. The molecule has 0 aromatic carbocycles. The van der Waals surface area contributed by atoms with Crippen molar-refractivity contribution < 1.29 is 9.63 Å². The largest absolute Gasteiger partial charge is 0.395 e. The van der Waals surface area contributed by atoms with Crippen LogP contribution < -0.4 is 0 Å². The highest BCUT2D eigenvalue weighted by Crippen LogP contribution is 2.44. The summed E-state index contributed by atoms with van der Waals surface area (Å²) in [7, 11) is 0. The Morgan fingerprint density at radius 3 is 2.75 bits per heavy atom. The SMILES string of the molecule is Cc1oncc1C1(CO)CCC1. The number of hydrogen-bond acceptors (Lipinski definition) is 3. The minimum Gasteiger partial charge on any atom is -0.395 e. The minimum absolute atomic E-state index is 0.0237. The van der Waals surface area contributed by atoms with Crippen molar-refractivity contribution in [1.82, 2.24) is 5.16 Å². The maximum absolute atomic E-state index is 9.26. The van der Waals surface area contributed by atoms with E-state index in [2.05, 4.69) is 5.16 Å². The summed E-state index contributed by atoms with van der Waals surface area (Å²) in [5.74, 6) is 0.851. The monoisotopic (exact) mass is 167 g/mol. The number of aliphatic hydroxyl groups is 1. The summed E-state index contributed by atoms with van der Waals surface area (Å²) < 4.78 is 4.99. The van der Waals surface area contributed by atoms with Crippen LogP contribution in [0.1, 0.15) is 30.6 Å². The summed E-state index contributed by atoms with van der Waals surface area (Å²) in [5, 5.41) is 13.0. The predicted molar refractivity (Wildman–Crippen MR) is 43.9 cm³/mol. The number of aryl methyl sites for hydroxylation is 1. The Morgan fingerprint density at radius 1 is 1.67 bits per heavy atom. The Bertz CT molecular complexity index is 270. The zero-order valence-corrected chi connectivity index (χ0v) is 7.21. The van der Waals surface area contributed by atoms with Crippen molar-refractivity contribution in [2.24, 2.45) is 0 Å². The first-order valence-corrected chi connectivity index (χ1v) is 4.31. The van der Waals surface area contributed by atoms with E-state index in [0.29, 0.717) is 0 Å². The van der Waals surface area contributed by atoms with Crippen LogP contribution in [-0.4, -0.2) is 16.9 Å². The van der Waals surface area contributed by atoms with Gasteiger partial charge in [0.2, 0.25) is 0 Å². The molecule has 1 saturated carbocycles. The molecule has 1 fully saturated rings. The van der Waals surface area contributed by atoms with E-state index in [4.69, 9.17) is 4.52 Å². The van der Waals surface area contributed by atoms with E-state index in [0.717, 1.165) is 24.2 Å². The molecule has 3 heteroatoms. The predicted octanol–water partition coefficient (Wildman–Crippen LogP) is 1.40. The highest BCUT2D eigenvalue weighted by molar-refractivity contribution is 5.27. The van der Waals surface area contributed by atoms with Gasteiger partial charge in [0, 0.05) is 11.0 Å². The molecule has 0 amide bonds. The first-order chi connectivity index (χ1) is 5.78. The fourth-order valence-corrected chi connectivity index (χ4v) is 1.92. The van der Waals surface area contributed by atoms with Crippen molar-refractivity contribution in [2.75, 3.05) is 6.61 Å². The van der Waals surface area contributed by atoms with Crippen molar-refractivity contribution in [3.05, 3.63) is 17.5 Å². The van der Waals surface area contributed by atoms with Crippen molar-refractivity contribution in [1.29, 1.82) is 0 Å². The second kappa shape index (κ2) is 2.59. The minimum atomic E-state index is -0.0237. The lowest BCUT2D eigenvalue weighted by atomic mass is 9.65. The average Bonchev–Trinajstić information content (AvgIpc) is 2.36. The summed E-state index contributed by atoms with van der Waals surface area (Å²) in [5.41, 5.74) is 1.07. The van der Waals surface area contributed by atoms with E-state index in [1.54, 1.807) is 6.20 Å². The van der Waals surface area contributed by atoms with Gasteiger partial charge in [0.25, 0.3) is 0 Å². The van der Waals surface area contributed by atoms with E-state index in [-0.39, 0.29) is 12.0 Å². The molecule has 1 N–H and O–H groups in total. The second-order valence-corrected chi connectivity index (χ2v) is 3.59. The summed E-state index contributed by atoms with van der Waals surface area (Å²) in [6, 6.07) is 0. The van der Waals surface area contributed by atoms with Gasteiger partial charge in [-0.15, -0.1) is 0 Å². The number of aliphatic hydroxyl groups excluding tert-OH is 1. The van der Waals surface area contributed by atoms with Gasteiger partial charge in [0.05, 0.1) is 12.8 Å². The van der Waals surface area contributed by atoms with Crippen LogP contribution in [0.25, 0.3) is 0 Å². The summed E-state index contributed by atoms with van der Waals surface area (Å²) >= 11 is 0. The Labute approximate surface area is 71.4 Å². The van der Waals surface area contributed by atoms with Gasteiger partial charge in [0.15, 0.2) is 0 Å². The Balaban J connectivity index is 2.33. The summed E-state index contributed by atoms with van der Waals surface area (Å²) in [4.78, 5) is 0. The number of nitrogens with zero attached hydrogens (tertiary/aromatic N) is 1. The Kier molecular flexibility index (Phi) is 1.68. The third-order valence-corrected chi connectivity index (χ3v) is 2.94. The van der Waals surface area contributed by atoms with E-state index in [9.17, 15) is 5.11 Å². The molecule has 0 atom stereocenters. The summed E-state index contributed by atoms with van der Waals surface area (Å²) in [6.07, 6.45) is 5.06. The van der Waals surface area contributed by atoms with Crippen molar-refractivity contribution in [2.45, 2.75) is 31.6 Å². The van der Waals surface area contributed by atoms with Crippen LogP contribution in [0, 0.1) is 6.92 Å². The lowest BCUT2D eigenvalue weighted by Crippen LogP contribution is -2.38. The van der Waals surface area contributed by atoms with Gasteiger partial charge in [-0.1, -0.05) is 11.6 Å². The lowest BCUT2D eigenvalue weighted by Gasteiger charge is -2.39. The van der Waals surface area contributed by atoms with Gasteiger partial charge < -0.3 is 9.63 Å². The maximum atomic E-state index is 9.26. The smallest absolute Gasteiger partial charge is 0.137 e. The van der Waals surface area contributed by atoms with Gasteiger partial charge >= 0.3 is 0 Å². The van der Waals surface area contributed by atoms with E-state index in [1.807, 2.05) is 6.92 Å². The van der Waals surface area contributed by atoms with Crippen molar-refractivity contribution >= 4 is 0 Å². The molecule has 0 aliphatic heterocycles. The highest BCUT2D eigenvalue weighted by Gasteiger charge is 2.40. The van der Waals surface area contributed by atoms with E-state index < -0.39 is 0 Å². The average molecular weight is 167 g/mol. The standard InChI is InChI=1S/C9H13NO2/c1-7-8(5-10-12-7)9(6-11)3-2-4-9/h5,11H,2-4,6H2,1H3. The first kappa shape index (κ1) is 7.80. The highest BCUT2D eigenvalue weighted by atomic mass is 16.5. The van der Waals surface area contributed by atoms with Crippen LogP contribution >= 0.6 is 0 Å². The zero-order chi connectivity index (χ0) is 8.60. The summed E-state index contributed by atoms with van der Waals surface area (Å²) in [6.45, 7) is 2.12. The molecule has 0 bridgehead atoms. The first-order valence-electron chi connectivity index (χ1n) is 4.31. The van der Waals surface area contributed by atoms with Crippen LogP contribution in [0.4, 0.5) is 0 Å². The van der Waals surface area contributed by atoms with Gasteiger partial charge in [-0.3, -0.25) is 0 Å². The molecule has 1 aliphatic rings. The fraction of sp³-hybridized carbons (Fsp3) is 0.667. The van der Waals surface area contributed by atoms with Crippen molar-refractivity contribution in [3.63, 3.8) is 0 Å². The normalized spacial score (nSPS) is 20.5. The molecule has 66 valence electrons. The molecule has 0 radical (unpaired) electrons. The fourth-order valence-electron chi connectivity index (χ4n) is 1.92. The molecule has 1 aliphatic carbocycles. The molecule has 1 aromatic heterocycles. The molecule has 0 spiro atoms.